The van der Waals surface area contributed by atoms with Crippen LogP contribution >= 0.6 is 0 Å². The van der Waals surface area contributed by atoms with Gasteiger partial charge in [0.05, 0.1) is 26.0 Å². The minimum absolute atomic E-state index is 0.00753. The van der Waals surface area contributed by atoms with Gasteiger partial charge < -0.3 is 20.1 Å². The van der Waals surface area contributed by atoms with E-state index in [1.807, 2.05) is 30.3 Å². The number of aromatic nitrogens is 5. The molecule has 1 saturated heterocycles. The van der Waals surface area contributed by atoms with Gasteiger partial charge in [-0.15, -0.1) is 5.10 Å². The molecule has 3 heterocycles. The monoisotopic (exact) mass is 501 g/mol. The number of nitrogens with zero attached hydrogens (tertiary/aromatic N) is 5. The molecule has 2 N–H and O–H groups in total. The van der Waals surface area contributed by atoms with Crippen LogP contribution < -0.4 is 15.4 Å². The molecular weight excluding hydrogens is 474 g/mol. The molecule has 0 unspecified atom stereocenters. The predicted molar refractivity (Wildman–Crippen MR) is 135 cm³/mol. The van der Waals surface area contributed by atoms with E-state index in [0.717, 1.165) is 29.2 Å². The SMILES string of the molecule is COc1cnc(NC(=O)c2ccc(Cn3ccnn3)c3ccccc23)c(C(=O)NCC2CCOCC2)n1. The van der Waals surface area contributed by atoms with E-state index in [-0.39, 0.29) is 17.4 Å². The Balaban J connectivity index is 1.39. The van der Waals surface area contributed by atoms with Gasteiger partial charge in [-0.2, -0.15) is 0 Å². The number of ether oxygens (including phenoxy) is 2. The number of anilines is 1. The van der Waals surface area contributed by atoms with Crippen LogP contribution in [0.4, 0.5) is 5.82 Å². The molecule has 2 aromatic carbocycles. The Morgan fingerprint density at radius 3 is 2.68 bits per heavy atom. The van der Waals surface area contributed by atoms with Gasteiger partial charge in [-0.3, -0.25) is 9.59 Å². The van der Waals surface area contributed by atoms with E-state index in [1.165, 1.54) is 13.3 Å². The van der Waals surface area contributed by atoms with Crippen LogP contribution in [0.1, 0.15) is 39.3 Å². The van der Waals surface area contributed by atoms with E-state index in [9.17, 15) is 9.59 Å². The second kappa shape index (κ2) is 11.1. The molecule has 0 atom stereocenters. The summed E-state index contributed by atoms with van der Waals surface area (Å²) in [5.41, 5.74) is 1.44. The summed E-state index contributed by atoms with van der Waals surface area (Å²) < 4.78 is 12.3. The molecule has 0 saturated carbocycles. The second-order valence-corrected chi connectivity index (χ2v) is 8.75. The number of hydrogen-bond donors (Lipinski definition) is 2. The minimum atomic E-state index is -0.429. The Labute approximate surface area is 213 Å². The predicted octanol–water partition coefficient (Wildman–Crippen LogP) is 2.69. The lowest BCUT2D eigenvalue weighted by Crippen LogP contribution is -2.33. The van der Waals surface area contributed by atoms with Crippen LogP contribution in [0.2, 0.25) is 0 Å². The summed E-state index contributed by atoms with van der Waals surface area (Å²) in [6.45, 7) is 2.38. The summed E-state index contributed by atoms with van der Waals surface area (Å²) in [5.74, 6) is -0.262. The summed E-state index contributed by atoms with van der Waals surface area (Å²) in [7, 11) is 1.44. The standard InChI is InChI=1S/C26H27N7O4/c1-36-22-15-27-24(23(30-22)26(35)28-14-17-8-12-37-13-9-17)31-25(34)21-7-6-18(16-33-11-10-29-32-33)19-4-2-3-5-20(19)21/h2-7,10-11,15,17H,8-9,12-14,16H2,1H3,(H,28,35)(H,27,31,34). The molecule has 0 radical (unpaired) electrons. The van der Waals surface area contributed by atoms with Gasteiger partial charge >= 0.3 is 0 Å². The average Bonchev–Trinajstić information content (AvgIpc) is 3.46. The van der Waals surface area contributed by atoms with Crippen LogP contribution in [0, 0.1) is 5.92 Å². The number of hydrogen-bond acceptors (Lipinski definition) is 8. The molecule has 1 aliphatic rings. The lowest BCUT2D eigenvalue weighted by atomic mass is 9.99. The summed E-state index contributed by atoms with van der Waals surface area (Å²) >= 11 is 0. The maximum absolute atomic E-state index is 13.4. The van der Waals surface area contributed by atoms with Crippen LogP contribution in [0.25, 0.3) is 10.8 Å². The number of carbonyl (C=O) groups is 2. The van der Waals surface area contributed by atoms with Crippen LogP contribution in [-0.2, 0) is 11.3 Å². The van der Waals surface area contributed by atoms with Crippen molar-refractivity contribution >= 4 is 28.4 Å². The van der Waals surface area contributed by atoms with Crippen molar-refractivity contribution in [3.63, 3.8) is 0 Å². The summed E-state index contributed by atoms with van der Waals surface area (Å²) in [5, 5.41) is 15.3. The van der Waals surface area contributed by atoms with E-state index in [2.05, 4.69) is 30.9 Å². The van der Waals surface area contributed by atoms with E-state index in [0.29, 0.717) is 37.8 Å². The molecule has 2 amide bonds. The minimum Gasteiger partial charge on any atom is -0.480 e. The van der Waals surface area contributed by atoms with Crippen molar-refractivity contribution in [1.29, 1.82) is 0 Å². The van der Waals surface area contributed by atoms with Crippen LogP contribution in [-0.4, -0.2) is 63.6 Å². The Kier molecular flexibility index (Phi) is 7.31. The zero-order chi connectivity index (χ0) is 25.6. The molecule has 11 nitrogen and oxygen atoms in total. The van der Waals surface area contributed by atoms with Gasteiger partial charge in [-0.05, 0) is 41.2 Å². The molecule has 2 aromatic heterocycles. The lowest BCUT2D eigenvalue weighted by molar-refractivity contribution is 0.0642. The van der Waals surface area contributed by atoms with E-state index >= 15 is 0 Å². The fourth-order valence-electron chi connectivity index (χ4n) is 4.36. The third-order valence-electron chi connectivity index (χ3n) is 6.36. The molecule has 1 fully saturated rings. The topological polar surface area (TPSA) is 133 Å². The van der Waals surface area contributed by atoms with Crippen molar-refractivity contribution < 1.29 is 19.1 Å². The smallest absolute Gasteiger partial charge is 0.273 e. The third kappa shape index (κ3) is 5.56. The summed E-state index contributed by atoms with van der Waals surface area (Å²) in [4.78, 5) is 35.0. The number of amides is 2. The van der Waals surface area contributed by atoms with Gasteiger partial charge in [-0.25, -0.2) is 14.6 Å². The first-order valence-electron chi connectivity index (χ1n) is 12.1. The lowest BCUT2D eigenvalue weighted by Gasteiger charge is -2.22. The van der Waals surface area contributed by atoms with Crippen LogP contribution in [0.5, 0.6) is 5.88 Å². The van der Waals surface area contributed by atoms with Gasteiger partial charge in [0.2, 0.25) is 5.88 Å². The molecule has 5 rings (SSSR count). The summed E-state index contributed by atoms with van der Waals surface area (Å²) in [6, 6.07) is 11.3. The highest BCUT2D eigenvalue weighted by Gasteiger charge is 2.22. The van der Waals surface area contributed by atoms with Crippen molar-refractivity contribution in [3.8, 4) is 5.88 Å². The van der Waals surface area contributed by atoms with Crippen molar-refractivity contribution in [3.05, 3.63) is 71.8 Å². The Morgan fingerprint density at radius 1 is 1.11 bits per heavy atom. The van der Waals surface area contributed by atoms with Gasteiger partial charge in [0.25, 0.3) is 11.8 Å². The van der Waals surface area contributed by atoms with Crippen molar-refractivity contribution in [2.45, 2.75) is 19.4 Å². The Bertz CT molecular complexity index is 1400. The zero-order valence-electron chi connectivity index (χ0n) is 20.4. The number of nitrogens with one attached hydrogen (secondary N) is 2. The van der Waals surface area contributed by atoms with Gasteiger partial charge in [0, 0.05) is 31.5 Å². The molecule has 11 heteroatoms. The fraction of sp³-hybridized carbons (Fsp3) is 0.308. The molecule has 190 valence electrons. The molecule has 4 aromatic rings. The highest BCUT2D eigenvalue weighted by molar-refractivity contribution is 6.14. The van der Waals surface area contributed by atoms with Gasteiger partial charge in [-0.1, -0.05) is 35.5 Å². The maximum Gasteiger partial charge on any atom is 0.273 e. The Morgan fingerprint density at radius 2 is 1.92 bits per heavy atom. The van der Waals surface area contributed by atoms with Crippen LogP contribution in [0.15, 0.2) is 55.0 Å². The Hall–Kier alpha value is -4.38. The molecule has 37 heavy (non-hydrogen) atoms. The number of benzene rings is 2. The first kappa shape index (κ1) is 24.3. The van der Waals surface area contributed by atoms with Crippen LogP contribution in [0.3, 0.4) is 0 Å². The third-order valence-corrected chi connectivity index (χ3v) is 6.36. The average molecular weight is 502 g/mol. The fourth-order valence-corrected chi connectivity index (χ4v) is 4.36. The van der Waals surface area contributed by atoms with E-state index in [4.69, 9.17) is 9.47 Å². The normalized spacial score (nSPS) is 13.9. The van der Waals surface area contributed by atoms with Crippen molar-refractivity contribution in [2.75, 3.05) is 32.2 Å². The van der Waals surface area contributed by atoms with Crippen molar-refractivity contribution in [2.24, 2.45) is 5.92 Å². The number of fused-ring (bicyclic) bond motifs is 1. The quantitative estimate of drug-likeness (QED) is 0.377. The number of carbonyl (C=O) groups excluding carboxylic acids is 2. The molecule has 0 spiro atoms. The largest absolute Gasteiger partial charge is 0.480 e. The summed E-state index contributed by atoms with van der Waals surface area (Å²) in [6.07, 6.45) is 6.54. The zero-order valence-corrected chi connectivity index (χ0v) is 20.4. The highest BCUT2D eigenvalue weighted by Crippen LogP contribution is 2.25. The maximum atomic E-state index is 13.4. The van der Waals surface area contributed by atoms with Gasteiger partial charge in [0.15, 0.2) is 11.5 Å². The van der Waals surface area contributed by atoms with Gasteiger partial charge in [0.1, 0.15) is 0 Å². The first-order chi connectivity index (χ1) is 18.1. The van der Waals surface area contributed by atoms with Crippen molar-refractivity contribution in [1.82, 2.24) is 30.3 Å². The number of methoxy groups -OCH3 is 1. The number of rotatable bonds is 8. The van der Waals surface area contributed by atoms with E-state index in [1.54, 1.807) is 23.1 Å². The van der Waals surface area contributed by atoms with E-state index < -0.39 is 11.8 Å². The first-order valence-corrected chi connectivity index (χ1v) is 12.1. The molecule has 0 bridgehead atoms. The molecule has 0 aliphatic carbocycles. The second-order valence-electron chi connectivity index (χ2n) is 8.75. The molecule has 1 aliphatic heterocycles. The highest BCUT2D eigenvalue weighted by atomic mass is 16.5. The molecular formula is C26H27N7O4.